The minimum atomic E-state index is -0.224. The van der Waals surface area contributed by atoms with E-state index in [4.69, 9.17) is 10.4 Å². The molecule has 0 spiro atoms. The number of nitriles is 1. The van der Waals surface area contributed by atoms with Crippen molar-refractivity contribution in [2.24, 2.45) is 5.41 Å². The van der Waals surface area contributed by atoms with Crippen molar-refractivity contribution in [1.82, 2.24) is 4.98 Å². The number of pyridine rings is 1. The van der Waals surface area contributed by atoms with Gasteiger partial charge in [-0.05, 0) is 19.1 Å². The normalized spacial score (nSPS) is 10.9. The van der Waals surface area contributed by atoms with E-state index in [0.717, 1.165) is 5.69 Å². The van der Waals surface area contributed by atoms with Crippen molar-refractivity contribution in [3.8, 4) is 6.07 Å². The number of rotatable bonds is 4. The van der Waals surface area contributed by atoms with Crippen LogP contribution in [-0.2, 0) is 0 Å². The van der Waals surface area contributed by atoms with E-state index in [1.165, 1.54) is 0 Å². The molecule has 0 atom stereocenters. The van der Waals surface area contributed by atoms with E-state index in [0.29, 0.717) is 17.9 Å². The Kier molecular flexibility index (Phi) is 3.86. The van der Waals surface area contributed by atoms with Crippen LogP contribution in [0.4, 0.5) is 5.82 Å². The fourth-order valence-corrected chi connectivity index (χ4v) is 1.16. The first-order valence-corrected chi connectivity index (χ1v) is 5.21. The molecule has 0 aromatic carbocycles. The van der Waals surface area contributed by atoms with Crippen LogP contribution in [0, 0.1) is 23.7 Å². The summed E-state index contributed by atoms with van der Waals surface area (Å²) >= 11 is 0. The van der Waals surface area contributed by atoms with Gasteiger partial charge in [0.25, 0.3) is 0 Å². The number of aliphatic hydroxyl groups is 1. The summed E-state index contributed by atoms with van der Waals surface area (Å²) in [7, 11) is 0. The highest BCUT2D eigenvalue weighted by molar-refractivity contribution is 5.52. The molecule has 0 saturated carbocycles. The Morgan fingerprint density at radius 1 is 1.50 bits per heavy atom. The molecule has 0 unspecified atom stereocenters. The number of aliphatic hydroxyl groups excluding tert-OH is 1. The third-order valence-electron chi connectivity index (χ3n) is 2.32. The SMILES string of the molecule is Cc1ccc(C#N)c(NCC(C)(C)CO)n1. The van der Waals surface area contributed by atoms with Gasteiger partial charge in [-0.3, -0.25) is 0 Å². The highest BCUT2D eigenvalue weighted by atomic mass is 16.3. The van der Waals surface area contributed by atoms with Crippen LogP contribution in [-0.4, -0.2) is 23.2 Å². The van der Waals surface area contributed by atoms with Gasteiger partial charge in [0.05, 0.1) is 5.56 Å². The average molecular weight is 219 g/mol. The molecule has 0 aliphatic rings. The summed E-state index contributed by atoms with van der Waals surface area (Å²) < 4.78 is 0. The van der Waals surface area contributed by atoms with E-state index in [1.54, 1.807) is 12.1 Å². The van der Waals surface area contributed by atoms with Crippen LogP contribution in [0.3, 0.4) is 0 Å². The summed E-state index contributed by atoms with van der Waals surface area (Å²) in [6.45, 7) is 6.44. The third-order valence-corrected chi connectivity index (χ3v) is 2.32. The first-order valence-electron chi connectivity index (χ1n) is 5.21. The van der Waals surface area contributed by atoms with Crippen molar-refractivity contribution in [3.05, 3.63) is 23.4 Å². The van der Waals surface area contributed by atoms with Gasteiger partial charge in [-0.25, -0.2) is 4.98 Å². The third kappa shape index (κ3) is 3.21. The molecule has 1 aromatic rings. The molecule has 0 bridgehead atoms. The van der Waals surface area contributed by atoms with E-state index in [-0.39, 0.29) is 12.0 Å². The Hall–Kier alpha value is -1.60. The summed E-state index contributed by atoms with van der Waals surface area (Å²) in [6.07, 6.45) is 0. The molecule has 16 heavy (non-hydrogen) atoms. The number of nitrogens with zero attached hydrogens (tertiary/aromatic N) is 2. The van der Waals surface area contributed by atoms with Crippen LogP contribution >= 0.6 is 0 Å². The largest absolute Gasteiger partial charge is 0.396 e. The van der Waals surface area contributed by atoms with Crippen LogP contribution in [0.2, 0.25) is 0 Å². The van der Waals surface area contributed by atoms with Gasteiger partial charge in [0.15, 0.2) is 0 Å². The van der Waals surface area contributed by atoms with Gasteiger partial charge in [-0.15, -0.1) is 0 Å². The van der Waals surface area contributed by atoms with Crippen molar-refractivity contribution >= 4 is 5.82 Å². The summed E-state index contributed by atoms with van der Waals surface area (Å²) in [5.41, 5.74) is 1.17. The van der Waals surface area contributed by atoms with Crippen molar-refractivity contribution in [2.75, 3.05) is 18.5 Å². The molecule has 2 N–H and O–H groups in total. The highest BCUT2D eigenvalue weighted by Crippen LogP contribution is 2.17. The lowest BCUT2D eigenvalue weighted by Gasteiger charge is -2.22. The summed E-state index contributed by atoms with van der Waals surface area (Å²) in [6, 6.07) is 5.64. The lowest BCUT2D eigenvalue weighted by molar-refractivity contribution is 0.170. The Labute approximate surface area is 95.9 Å². The van der Waals surface area contributed by atoms with Gasteiger partial charge in [-0.1, -0.05) is 13.8 Å². The first kappa shape index (κ1) is 12.5. The molecule has 1 heterocycles. The maximum Gasteiger partial charge on any atom is 0.144 e. The predicted molar refractivity (Wildman–Crippen MR) is 63.0 cm³/mol. The highest BCUT2D eigenvalue weighted by Gasteiger charge is 2.17. The van der Waals surface area contributed by atoms with Gasteiger partial charge < -0.3 is 10.4 Å². The van der Waals surface area contributed by atoms with E-state index >= 15 is 0 Å². The number of hydrogen-bond donors (Lipinski definition) is 2. The molecule has 86 valence electrons. The minimum absolute atomic E-state index is 0.0910. The van der Waals surface area contributed by atoms with Gasteiger partial charge in [0, 0.05) is 24.3 Å². The maximum atomic E-state index is 9.13. The first-order chi connectivity index (χ1) is 7.48. The second-order valence-corrected chi connectivity index (χ2v) is 4.64. The van der Waals surface area contributed by atoms with Crippen molar-refractivity contribution in [2.45, 2.75) is 20.8 Å². The molecule has 4 nitrogen and oxygen atoms in total. The topological polar surface area (TPSA) is 68.9 Å². The van der Waals surface area contributed by atoms with Crippen LogP contribution in [0.1, 0.15) is 25.1 Å². The number of hydrogen-bond acceptors (Lipinski definition) is 4. The van der Waals surface area contributed by atoms with Crippen LogP contribution in [0.25, 0.3) is 0 Å². The lowest BCUT2D eigenvalue weighted by atomic mass is 9.95. The number of anilines is 1. The van der Waals surface area contributed by atoms with Crippen molar-refractivity contribution in [3.63, 3.8) is 0 Å². The lowest BCUT2D eigenvalue weighted by Crippen LogP contribution is -2.27. The van der Waals surface area contributed by atoms with E-state index < -0.39 is 0 Å². The van der Waals surface area contributed by atoms with Gasteiger partial charge in [-0.2, -0.15) is 5.26 Å². The second-order valence-electron chi connectivity index (χ2n) is 4.64. The molecule has 0 saturated heterocycles. The molecular weight excluding hydrogens is 202 g/mol. The molecule has 0 fully saturated rings. The fourth-order valence-electron chi connectivity index (χ4n) is 1.16. The Balaban J connectivity index is 2.81. The molecule has 0 aliphatic heterocycles. The number of nitrogens with one attached hydrogen (secondary N) is 1. The Morgan fingerprint density at radius 2 is 2.19 bits per heavy atom. The Bertz CT molecular complexity index is 407. The summed E-state index contributed by atoms with van der Waals surface area (Å²) in [5.74, 6) is 0.587. The van der Waals surface area contributed by atoms with Crippen LogP contribution < -0.4 is 5.32 Å². The molecule has 0 amide bonds. The molecule has 1 rings (SSSR count). The Morgan fingerprint density at radius 3 is 2.75 bits per heavy atom. The number of aromatic nitrogens is 1. The van der Waals surface area contributed by atoms with Crippen molar-refractivity contribution in [1.29, 1.82) is 5.26 Å². The zero-order chi connectivity index (χ0) is 12.2. The molecule has 0 aliphatic carbocycles. The van der Waals surface area contributed by atoms with E-state index in [2.05, 4.69) is 16.4 Å². The minimum Gasteiger partial charge on any atom is -0.396 e. The predicted octanol–water partition coefficient (Wildman–Crippen LogP) is 1.69. The summed E-state index contributed by atoms with van der Waals surface area (Å²) in [5, 5.41) is 21.1. The smallest absolute Gasteiger partial charge is 0.144 e. The van der Waals surface area contributed by atoms with Crippen molar-refractivity contribution < 1.29 is 5.11 Å². The molecular formula is C12H17N3O. The molecule has 0 radical (unpaired) electrons. The standard InChI is InChI=1S/C12H17N3O/c1-9-4-5-10(6-13)11(15-9)14-7-12(2,3)8-16/h4-5,16H,7-8H2,1-3H3,(H,14,15). The maximum absolute atomic E-state index is 9.13. The molecule has 4 heteroatoms. The number of aryl methyl sites for hydroxylation is 1. The van der Waals surface area contributed by atoms with Gasteiger partial charge >= 0.3 is 0 Å². The van der Waals surface area contributed by atoms with Gasteiger partial charge in [0.2, 0.25) is 0 Å². The van der Waals surface area contributed by atoms with Crippen LogP contribution in [0.15, 0.2) is 12.1 Å². The average Bonchev–Trinajstić information content (AvgIpc) is 2.27. The zero-order valence-corrected chi connectivity index (χ0v) is 9.91. The quantitative estimate of drug-likeness (QED) is 0.808. The second kappa shape index (κ2) is 4.95. The zero-order valence-electron chi connectivity index (χ0n) is 9.91. The fraction of sp³-hybridized carbons (Fsp3) is 0.500. The van der Waals surface area contributed by atoms with Gasteiger partial charge in [0.1, 0.15) is 11.9 Å². The monoisotopic (exact) mass is 219 g/mol. The summed E-state index contributed by atoms with van der Waals surface area (Å²) in [4.78, 5) is 4.27. The van der Waals surface area contributed by atoms with E-state index in [9.17, 15) is 0 Å². The van der Waals surface area contributed by atoms with E-state index in [1.807, 2.05) is 20.8 Å². The molecule has 1 aromatic heterocycles. The van der Waals surface area contributed by atoms with Crippen LogP contribution in [0.5, 0.6) is 0 Å².